The number of hydrogen-bond donors (Lipinski definition) is 1. The van der Waals surface area contributed by atoms with Crippen molar-refractivity contribution in [1.29, 1.82) is 0 Å². The van der Waals surface area contributed by atoms with E-state index in [4.69, 9.17) is 4.74 Å². The molecule has 0 bridgehead atoms. The summed E-state index contributed by atoms with van der Waals surface area (Å²) in [6.07, 6.45) is 5.05. The molecular weight excluding hydrogens is 282 g/mol. The van der Waals surface area contributed by atoms with Crippen molar-refractivity contribution in [3.8, 4) is 0 Å². The zero-order chi connectivity index (χ0) is 16.2. The maximum absolute atomic E-state index is 12.1. The maximum Gasteiger partial charge on any atom is 0.410 e. The number of hydrogen-bond acceptors (Lipinski definition) is 5. The van der Waals surface area contributed by atoms with Gasteiger partial charge in [0.05, 0.1) is 37.2 Å². The van der Waals surface area contributed by atoms with Gasteiger partial charge >= 0.3 is 6.09 Å². The van der Waals surface area contributed by atoms with Crippen LogP contribution >= 0.6 is 0 Å². The Kier molecular flexibility index (Phi) is 5.21. The molecule has 0 radical (unpaired) electrons. The molecule has 2 aliphatic rings. The number of ketones is 1. The van der Waals surface area contributed by atoms with Gasteiger partial charge in [-0.2, -0.15) is 0 Å². The highest BCUT2D eigenvalue weighted by Gasteiger charge is 2.43. The minimum absolute atomic E-state index is 0.0340. The lowest BCUT2D eigenvalue weighted by atomic mass is 9.92. The van der Waals surface area contributed by atoms with E-state index < -0.39 is 0 Å². The third kappa shape index (κ3) is 3.67. The van der Waals surface area contributed by atoms with Crippen LogP contribution in [-0.2, 0) is 9.53 Å². The van der Waals surface area contributed by atoms with Gasteiger partial charge in [0, 0.05) is 6.92 Å². The molecule has 2 aliphatic heterocycles. The van der Waals surface area contributed by atoms with Gasteiger partial charge in [0.2, 0.25) is 0 Å². The molecule has 1 fully saturated rings. The van der Waals surface area contributed by atoms with Crippen molar-refractivity contribution in [3.05, 3.63) is 11.9 Å². The Morgan fingerprint density at radius 3 is 2.59 bits per heavy atom. The average Bonchev–Trinajstić information content (AvgIpc) is 2.76. The Labute approximate surface area is 131 Å². The van der Waals surface area contributed by atoms with Crippen molar-refractivity contribution in [3.63, 3.8) is 0 Å². The molecule has 0 atom stereocenters. The predicted molar refractivity (Wildman–Crippen MR) is 84.8 cm³/mol. The average molecular weight is 307 g/mol. The van der Waals surface area contributed by atoms with Gasteiger partial charge in [-0.05, 0) is 12.8 Å². The minimum Gasteiger partial charge on any atom is -0.441 e. The molecule has 2 heterocycles. The first-order chi connectivity index (χ1) is 10.5. The fraction of sp³-hybridized carbons (Fsp3) is 0.688. The Morgan fingerprint density at radius 1 is 1.41 bits per heavy atom. The fourth-order valence-electron chi connectivity index (χ4n) is 3.09. The van der Waals surface area contributed by atoms with Crippen molar-refractivity contribution in [2.75, 3.05) is 19.6 Å². The topological polar surface area (TPSA) is 71.0 Å². The summed E-state index contributed by atoms with van der Waals surface area (Å²) in [5.74, 6) is -0.0340. The smallest absolute Gasteiger partial charge is 0.410 e. The molecule has 122 valence electrons. The van der Waals surface area contributed by atoms with Crippen molar-refractivity contribution < 1.29 is 14.3 Å². The van der Waals surface area contributed by atoms with E-state index in [1.54, 1.807) is 4.90 Å². The normalized spacial score (nSPS) is 20.1. The molecule has 0 aromatic carbocycles. The molecule has 1 amide bonds. The van der Waals surface area contributed by atoms with Gasteiger partial charge in [0.15, 0.2) is 5.78 Å². The summed E-state index contributed by atoms with van der Waals surface area (Å²) < 4.78 is 5.69. The standard InChI is InChI=1S/C16H25N3O3/c1-4-6-16(7-5-2)11-19(15(21)22-16)10-13-8-18-14(9-17-13)12(3)20/h9,18H,4-8,10-11H2,1-3H3. The number of aliphatic imine (C=N–C) groups is 1. The highest BCUT2D eigenvalue weighted by Crippen LogP contribution is 2.32. The Morgan fingerprint density at radius 2 is 2.09 bits per heavy atom. The van der Waals surface area contributed by atoms with E-state index in [0.29, 0.717) is 25.3 Å². The van der Waals surface area contributed by atoms with Gasteiger partial charge in [-0.25, -0.2) is 4.79 Å². The van der Waals surface area contributed by atoms with Crippen LogP contribution in [0.25, 0.3) is 0 Å². The van der Waals surface area contributed by atoms with Crippen LogP contribution in [0.15, 0.2) is 16.9 Å². The summed E-state index contributed by atoms with van der Waals surface area (Å²) in [6.45, 7) is 7.28. The molecular formula is C16H25N3O3. The van der Waals surface area contributed by atoms with Gasteiger partial charge in [0.25, 0.3) is 0 Å². The number of allylic oxidation sites excluding steroid dienone is 1. The van der Waals surface area contributed by atoms with Crippen molar-refractivity contribution in [2.24, 2.45) is 4.99 Å². The summed E-state index contributed by atoms with van der Waals surface area (Å²) in [6, 6.07) is 0. The number of carbonyl (C=O) groups is 2. The number of amides is 1. The number of nitrogens with zero attached hydrogens (tertiary/aromatic N) is 2. The predicted octanol–water partition coefficient (Wildman–Crippen LogP) is 2.25. The maximum atomic E-state index is 12.1. The molecule has 0 unspecified atom stereocenters. The van der Waals surface area contributed by atoms with E-state index in [0.717, 1.165) is 31.4 Å². The molecule has 0 spiro atoms. The summed E-state index contributed by atoms with van der Waals surface area (Å²) >= 11 is 0. The second-order valence-electron chi connectivity index (χ2n) is 6.05. The lowest BCUT2D eigenvalue weighted by molar-refractivity contribution is -0.113. The van der Waals surface area contributed by atoms with Gasteiger partial charge < -0.3 is 10.1 Å². The molecule has 1 saturated heterocycles. The number of carbonyl (C=O) groups excluding carboxylic acids is 2. The number of nitrogens with one attached hydrogen (secondary N) is 1. The van der Waals surface area contributed by atoms with E-state index in [9.17, 15) is 9.59 Å². The molecule has 1 N–H and O–H groups in total. The monoisotopic (exact) mass is 307 g/mol. The summed E-state index contributed by atoms with van der Waals surface area (Å²) in [4.78, 5) is 29.4. The summed E-state index contributed by atoms with van der Waals surface area (Å²) in [5, 5.41) is 3.03. The molecule has 22 heavy (non-hydrogen) atoms. The van der Waals surface area contributed by atoms with Crippen LogP contribution in [0.3, 0.4) is 0 Å². The molecule has 6 nitrogen and oxygen atoms in total. The van der Waals surface area contributed by atoms with Crippen LogP contribution in [0.2, 0.25) is 0 Å². The molecule has 0 aromatic heterocycles. The SMILES string of the molecule is CCCC1(CCC)CN(CC2=NC=C(C(C)=O)NC2)C(=O)O1. The van der Waals surface area contributed by atoms with Crippen LogP contribution < -0.4 is 5.32 Å². The van der Waals surface area contributed by atoms with Gasteiger partial charge in [-0.3, -0.25) is 14.7 Å². The van der Waals surface area contributed by atoms with E-state index in [1.807, 2.05) is 0 Å². The quantitative estimate of drug-likeness (QED) is 0.783. The zero-order valence-electron chi connectivity index (χ0n) is 13.6. The van der Waals surface area contributed by atoms with Gasteiger partial charge in [0.1, 0.15) is 5.60 Å². The number of Topliss-reactive ketones (excluding diaryl/α,β-unsaturated/α-hetero) is 1. The number of cyclic esters (lactones) is 1. The Bertz CT molecular complexity index is 505. The second kappa shape index (κ2) is 6.94. The number of ether oxygens (including phenoxy) is 1. The van der Waals surface area contributed by atoms with E-state index >= 15 is 0 Å². The molecule has 2 rings (SSSR count). The fourth-order valence-corrected chi connectivity index (χ4v) is 3.09. The molecule has 0 saturated carbocycles. The van der Waals surface area contributed by atoms with Crippen molar-refractivity contribution >= 4 is 17.6 Å². The van der Waals surface area contributed by atoms with Gasteiger partial charge in [-0.1, -0.05) is 26.7 Å². The molecule has 6 heteroatoms. The van der Waals surface area contributed by atoms with Crippen LogP contribution in [0.1, 0.15) is 46.5 Å². The first kappa shape index (κ1) is 16.5. The third-order valence-corrected chi connectivity index (χ3v) is 4.06. The molecule has 0 aliphatic carbocycles. The van der Waals surface area contributed by atoms with Crippen LogP contribution in [0.5, 0.6) is 0 Å². The summed E-state index contributed by atoms with van der Waals surface area (Å²) in [7, 11) is 0. The van der Waals surface area contributed by atoms with E-state index in [-0.39, 0.29) is 17.5 Å². The first-order valence-corrected chi connectivity index (χ1v) is 7.98. The van der Waals surface area contributed by atoms with Crippen molar-refractivity contribution in [2.45, 2.75) is 52.1 Å². The lowest BCUT2D eigenvalue weighted by Crippen LogP contribution is -2.40. The van der Waals surface area contributed by atoms with Crippen LogP contribution in [0, 0.1) is 0 Å². The largest absolute Gasteiger partial charge is 0.441 e. The highest BCUT2D eigenvalue weighted by atomic mass is 16.6. The first-order valence-electron chi connectivity index (χ1n) is 7.98. The number of rotatable bonds is 7. The summed E-state index contributed by atoms with van der Waals surface area (Å²) in [5.41, 5.74) is 1.01. The minimum atomic E-state index is -0.344. The van der Waals surface area contributed by atoms with Crippen LogP contribution in [-0.4, -0.2) is 47.7 Å². The lowest BCUT2D eigenvalue weighted by Gasteiger charge is -2.26. The third-order valence-electron chi connectivity index (χ3n) is 4.06. The molecule has 0 aromatic rings. The second-order valence-corrected chi connectivity index (χ2v) is 6.05. The van der Waals surface area contributed by atoms with Crippen molar-refractivity contribution in [1.82, 2.24) is 10.2 Å². The Balaban J connectivity index is 2.02. The highest BCUT2D eigenvalue weighted by molar-refractivity contribution is 5.97. The van der Waals surface area contributed by atoms with Crippen LogP contribution in [0.4, 0.5) is 4.79 Å². The van der Waals surface area contributed by atoms with Gasteiger partial charge in [-0.15, -0.1) is 0 Å². The van der Waals surface area contributed by atoms with E-state index in [2.05, 4.69) is 24.2 Å². The van der Waals surface area contributed by atoms with E-state index in [1.165, 1.54) is 13.1 Å². The zero-order valence-corrected chi connectivity index (χ0v) is 13.6. The Hall–Kier alpha value is -1.85.